The molecule has 0 bridgehead atoms. The first-order valence-electron chi connectivity index (χ1n) is 15.1. The third-order valence-electron chi connectivity index (χ3n) is 8.73. The number of benzene rings is 1. The number of nitrogens with zero attached hydrogens (tertiary/aromatic N) is 7. The van der Waals surface area contributed by atoms with Crippen molar-refractivity contribution >= 4 is 48.3 Å². The number of likely N-dealkylation sites (tertiary alicyclic amines) is 1. The van der Waals surface area contributed by atoms with E-state index in [0.29, 0.717) is 67.5 Å². The number of phenols is 1. The van der Waals surface area contributed by atoms with Crippen molar-refractivity contribution in [2.24, 2.45) is 0 Å². The molecule has 0 unspecified atom stereocenters. The van der Waals surface area contributed by atoms with Crippen LogP contribution in [0.5, 0.6) is 5.75 Å². The van der Waals surface area contributed by atoms with Gasteiger partial charge in [0.2, 0.25) is 10.0 Å². The molecule has 1 aromatic carbocycles. The highest BCUT2D eigenvalue weighted by molar-refractivity contribution is 7.88. The predicted octanol–water partition coefficient (Wildman–Crippen LogP) is 3.98. The van der Waals surface area contributed by atoms with Crippen molar-refractivity contribution in [3.05, 3.63) is 46.7 Å². The fraction of sp³-hybridized carbons (Fsp3) is 0.500. The Bertz CT molecular complexity index is 1870. The molecule has 6 rings (SSSR count). The van der Waals surface area contributed by atoms with E-state index in [0.717, 1.165) is 53.7 Å². The van der Waals surface area contributed by atoms with Crippen LogP contribution in [-0.2, 0) is 29.5 Å². The van der Waals surface area contributed by atoms with E-state index in [2.05, 4.69) is 31.2 Å². The Kier molecular flexibility index (Phi) is 9.14. The number of thiophene rings is 1. The molecule has 2 saturated heterocycles. The number of phenolic OH excluding ortho intramolecular Hbond substituents is 1. The van der Waals surface area contributed by atoms with Gasteiger partial charge in [0.15, 0.2) is 0 Å². The first kappa shape index (κ1) is 32.5. The van der Waals surface area contributed by atoms with Crippen molar-refractivity contribution in [2.45, 2.75) is 44.6 Å². The molecule has 2 fully saturated rings. The van der Waals surface area contributed by atoms with Crippen LogP contribution in [0.3, 0.4) is 0 Å². The van der Waals surface area contributed by atoms with E-state index in [-0.39, 0.29) is 16.7 Å². The van der Waals surface area contributed by atoms with Gasteiger partial charge >= 0.3 is 6.18 Å². The first-order valence-corrected chi connectivity index (χ1v) is 17.7. The van der Waals surface area contributed by atoms with Gasteiger partial charge in [0.1, 0.15) is 34.5 Å². The van der Waals surface area contributed by atoms with Gasteiger partial charge in [-0.2, -0.15) is 22.7 Å². The number of alkyl halides is 3. The highest BCUT2D eigenvalue weighted by Crippen LogP contribution is 2.34. The van der Waals surface area contributed by atoms with Gasteiger partial charge in [-0.25, -0.2) is 18.4 Å². The maximum absolute atomic E-state index is 12.9. The Morgan fingerprint density at radius 1 is 1.04 bits per heavy atom. The van der Waals surface area contributed by atoms with Crippen LogP contribution in [0, 0.1) is 11.3 Å². The smallest absolute Gasteiger partial charge is 0.393 e. The molecule has 5 heterocycles. The van der Waals surface area contributed by atoms with E-state index in [4.69, 9.17) is 0 Å². The quantitative estimate of drug-likeness (QED) is 0.270. The van der Waals surface area contributed by atoms with E-state index in [1.165, 1.54) is 23.0 Å². The number of aromatic hydroxyl groups is 1. The lowest BCUT2D eigenvalue weighted by molar-refractivity contribution is -0.126. The minimum absolute atomic E-state index is 0.0953. The SMILES string of the molecule is CS(=O)(=O)N1CCN(CCn2c(C#N)cc3cc(CN4CCC(Nc5ncnc6sc(CC(F)(F)F)cc56)CC4)c(O)cc32)CC1. The molecule has 0 atom stereocenters. The average Bonchev–Trinajstić information content (AvgIpc) is 3.56. The standard InChI is InChI=1S/C30H35F3N8O3S2/c1-46(43,44)40-9-6-38(7-10-40)8-11-41-23(17-34)13-20-12-21(27(42)15-26(20)41)18-39-4-2-22(3-5-39)37-28-25-14-24(16-30(31,32)33)45-29(25)36-19-35-28/h12-15,19,22,42H,2-11,16,18H2,1H3,(H,35,36,37). The molecule has 2 aliphatic heterocycles. The van der Waals surface area contributed by atoms with Crippen molar-refractivity contribution < 1.29 is 26.7 Å². The van der Waals surface area contributed by atoms with Crippen LogP contribution >= 0.6 is 11.3 Å². The van der Waals surface area contributed by atoms with Crippen LogP contribution in [-0.4, -0.2) is 106 Å². The highest BCUT2D eigenvalue weighted by atomic mass is 32.2. The molecule has 0 spiro atoms. The lowest BCUT2D eigenvalue weighted by atomic mass is 10.0. The summed E-state index contributed by atoms with van der Waals surface area (Å²) in [7, 11) is -3.20. The van der Waals surface area contributed by atoms with Gasteiger partial charge in [-0.3, -0.25) is 9.80 Å². The summed E-state index contributed by atoms with van der Waals surface area (Å²) >= 11 is 1.03. The van der Waals surface area contributed by atoms with E-state index in [1.807, 2.05) is 16.7 Å². The summed E-state index contributed by atoms with van der Waals surface area (Å²) in [6.45, 7) is 5.37. The van der Waals surface area contributed by atoms with Crippen LogP contribution < -0.4 is 5.32 Å². The molecular weight excluding hydrogens is 642 g/mol. The third-order valence-corrected chi connectivity index (χ3v) is 11.1. The van der Waals surface area contributed by atoms with Crippen LogP contribution in [0.15, 0.2) is 30.6 Å². The zero-order valence-electron chi connectivity index (χ0n) is 25.3. The Morgan fingerprint density at radius 2 is 1.78 bits per heavy atom. The Morgan fingerprint density at radius 3 is 2.46 bits per heavy atom. The van der Waals surface area contributed by atoms with E-state index in [1.54, 1.807) is 6.07 Å². The predicted molar refractivity (Wildman–Crippen MR) is 170 cm³/mol. The van der Waals surface area contributed by atoms with Crippen LogP contribution in [0.1, 0.15) is 29.0 Å². The second-order valence-electron chi connectivity index (χ2n) is 12.0. The highest BCUT2D eigenvalue weighted by Gasteiger charge is 2.29. The number of anilines is 1. The monoisotopic (exact) mass is 676 g/mol. The van der Waals surface area contributed by atoms with Gasteiger partial charge in [0.25, 0.3) is 0 Å². The first-order chi connectivity index (χ1) is 21.9. The van der Waals surface area contributed by atoms with E-state index < -0.39 is 22.6 Å². The van der Waals surface area contributed by atoms with Gasteiger partial charge in [-0.05, 0) is 31.0 Å². The van der Waals surface area contributed by atoms with Crippen LogP contribution in [0.25, 0.3) is 21.1 Å². The fourth-order valence-electron chi connectivity index (χ4n) is 6.31. The molecule has 2 aliphatic rings. The number of hydrogen-bond acceptors (Lipinski definition) is 10. The average molecular weight is 677 g/mol. The number of fused-ring (bicyclic) bond motifs is 2. The molecule has 16 heteroatoms. The number of piperazine rings is 1. The zero-order valence-corrected chi connectivity index (χ0v) is 26.9. The number of piperidine rings is 1. The van der Waals surface area contributed by atoms with Gasteiger partial charge in [0.05, 0.1) is 23.6 Å². The summed E-state index contributed by atoms with van der Waals surface area (Å²) in [6.07, 6.45) is -1.08. The molecule has 4 aromatic rings. The van der Waals surface area contributed by atoms with Crippen LogP contribution in [0.4, 0.5) is 19.0 Å². The van der Waals surface area contributed by atoms with Crippen molar-refractivity contribution in [1.29, 1.82) is 5.26 Å². The Hall–Kier alpha value is -3.49. The minimum atomic E-state index is -4.28. The molecule has 3 aromatic heterocycles. The molecule has 246 valence electrons. The fourth-order valence-corrected chi connectivity index (χ4v) is 8.16. The van der Waals surface area contributed by atoms with Crippen molar-refractivity contribution in [3.63, 3.8) is 0 Å². The van der Waals surface area contributed by atoms with Gasteiger partial charge in [0, 0.05) is 86.8 Å². The molecule has 0 amide bonds. The van der Waals surface area contributed by atoms with E-state index >= 15 is 0 Å². The van der Waals surface area contributed by atoms with Crippen molar-refractivity contribution in [3.8, 4) is 11.8 Å². The molecule has 46 heavy (non-hydrogen) atoms. The number of sulfonamides is 1. The largest absolute Gasteiger partial charge is 0.508 e. The minimum Gasteiger partial charge on any atom is -0.508 e. The summed E-state index contributed by atoms with van der Waals surface area (Å²) in [5.74, 6) is 0.707. The maximum atomic E-state index is 12.9. The number of nitriles is 1. The third kappa shape index (κ3) is 7.39. The van der Waals surface area contributed by atoms with Crippen LogP contribution in [0.2, 0.25) is 0 Å². The zero-order chi connectivity index (χ0) is 32.6. The molecule has 0 radical (unpaired) electrons. The van der Waals surface area contributed by atoms with Gasteiger partial charge in [-0.1, -0.05) is 0 Å². The molecule has 0 aliphatic carbocycles. The van der Waals surface area contributed by atoms with Crippen molar-refractivity contribution in [1.82, 2.24) is 28.6 Å². The molecular formula is C30H35F3N8O3S2. The second kappa shape index (κ2) is 13.0. The number of aromatic nitrogens is 3. The normalized spacial score (nSPS) is 18.0. The lowest BCUT2D eigenvalue weighted by Crippen LogP contribution is -2.48. The summed E-state index contributed by atoms with van der Waals surface area (Å²) in [5, 5.41) is 25.7. The molecule has 11 nitrogen and oxygen atoms in total. The Labute approximate surface area is 268 Å². The van der Waals surface area contributed by atoms with E-state index in [9.17, 15) is 32.0 Å². The maximum Gasteiger partial charge on any atom is 0.393 e. The van der Waals surface area contributed by atoms with Crippen molar-refractivity contribution in [2.75, 3.05) is 57.4 Å². The Balaban J connectivity index is 1.07. The number of nitrogens with one attached hydrogen (secondary N) is 1. The molecule has 2 N–H and O–H groups in total. The summed E-state index contributed by atoms with van der Waals surface area (Å²) in [6, 6.07) is 9.38. The number of hydrogen-bond donors (Lipinski definition) is 2. The van der Waals surface area contributed by atoms with Gasteiger partial charge in [-0.15, -0.1) is 11.3 Å². The lowest BCUT2D eigenvalue weighted by Gasteiger charge is -2.33. The molecule has 0 saturated carbocycles. The number of rotatable bonds is 9. The topological polar surface area (TPSA) is 131 Å². The summed E-state index contributed by atoms with van der Waals surface area (Å²) < 4.78 is 65.7. The summed E-state index contributed by atoms with van der Waals surface area (Å²) in [5.41, 5.74) is 2.05. The number of halogens is 3. The second-order valence-corrected chi connectivity index (χ2v) is 15.1. The van der Waals surface area contributed by atoms with Gasteiger partial charge < -0.3 is 15.0 Å². The summed E-state index contributed by atoms with van der Waals surface area (Å²) in [4.78, 5) is 13.6.